The van der Waals surface area contributed by atoms with Crippen LogP contribution >= 0.6 is 0 Å². The zero-order valence-corrected chi connectivity index (χ0v) is 19.4. The lowest BCUT2D eigenvalue weighted by atomic mass is 9.98. The normalized spacial score (nSPS) is 14.0. The fourth-order valence-electron chi connectivity index (χ4n) is 4.51. The molecule has 1 aliphatic rings. The molecule has 0 spiro atoms. The van der Waals surface area contributed by atoms with Crippen LogP contribution in [0.15, 0.2) is 48.5 Å². The molecule has 2 aromatic rings. The number of likely N-dealkylation sites (N-methyl/N-ethyl adjacent to an activating group) is 1. The van der Waals surface area contributed by atoms with Gasteiger partial charge in [0.15, 0.2) is 0 Å². The third-order valence-electron chi connectivity index (χ3n) is 6.21. The van der Waals surface area contributed by atoms with Crippen LogP contribution in [-0.2, 0) is 14.3 Å². The summed E-state index contributed by atoms with van der Waals surface area (Å²) in [6, 6.07) is 14.9. The number of amides is 2. The van der Waals surface area contributed by atoms with E-state index >= 15 is 0 Å². The van der Waals surface area contributed by atoms with Crippen LogP contribution in [0.25, 0.3) is 11.1 Å². The second-order valence-electron chi connectivity index (χ2n) is 8.35. The number of ether oxygens (including phenoxy) is 1. The Morgan fingerprint density at radius 3 is 2.12 bits per heavy atom. The van der Waals surface area contributed by atoms with Crippen molar-refractivity contribution < 1.29 is 24.2 Å². The van der Waals surface area contributed by atoms with Crippen molar-refractivity contribution >= 4 is 18.0 Å². The number of benzene rings is 2. The zero-order chi connectivity index (χ0) is 24.0. The largest absolute Gasteiger partial charge is 0.480 e. The van der Waals surface area contributed by atoms with Gasteiger partial charge in [-0.25, -0.2) is 9.59 Å². The van der Waals surface area contributed by atoms with E-state index in [9.17, 15) is 19.5 Å². The Kier molecular flexibility index (Phi) is 8.09. The highest BCUT2D eigenvalue weighted by Gasteiger charge is 2.30. The highest BCUT2D eigenvalue weighted by Crippen LogP contribution is 2.44. The maximum absolute atomic E-state index is 12.7. The minimum atomic E-state index is -1.05. The molecule has 33 heavy (non-hydrogen) atoms. The minimum absolute atomic E-state index is 0.0312. The number of aliphatic carboxylic acids is 1. The summed E-state index contributed by atoms with van der Waals surface area (Å²) in [5.74, 6) is -1.40. The van der Waals surface area contributed by atoms with Crippen LogP contribution in [0.3, 0.4) is 0 Å². The van der Waals surface area contributed by atoms with Crippen molar-refractivity contribution in [2.24, 2.45) is 0 Å². The van der Waals surface area contributed by atoms with E-state index in [0.717, 1.165) is 28.7 Å². The molecular weight excluding hydrogens is 420 g/mol. The summed E-state index contributed by atoms with van der Waals surface area (Å²) in [6.07, 6.45) is 0.818. The number of hydrogen-bond acceptors (Lipinski definition) is 4. The van der Waals surface area contributed by atoms with Gasteiger partial charge >= 0.3 is 12.1 Å². The Balaban J connectivity index is 1.63. The van der Waals surface area contributed by atoms with Crippen molar-refractivity contribution in [1.82, 2.24) is 10.2 Å². The molecule has 0 radical (unpaired) electrons. The fraction of sp³-hybridized carbons (Fsp3) is 0.423. The number of fused-ring (bicyclic) bond motifs is 3. The Labute approximate surface area is 194 Å². The fourth-order valence-corrected chi connectivity index (χ4v) is 4.51. The van der Waals surface area contributed by atoms with Crippen LogP contribution in [0.1, 0.15) is 57.1 Å². The number of carbonyl (C=O) groups excluding carboxylic acids is 2. The van der Waals surface area contributed by atoms with Crippen molar-refractivity contribution in [3.8, 4) is 11.1 Å². The van der Waals surface area contributed by atoms with E-state index in [4.69, 9.17) is 4.74 Å². The first kappa shape index (κ1) is 24.3. The lowest BCUT2D eigenvalue weighted by molar-refractivity contribution is -0.149. The molecule has 176 valence electrons. The number of nitrogens with zero attached hydrogens (tertiary/aromatic N) is 1. The topological polar surface area (TPSA) is 95.9 Å². The molecule has 1 unspecified atom stereocenters. The quantitative estimate of drug-likeness (QED) is 0.557. The van der Waals surface area contributed by atoms with E-state index in [-0.39, 0.29) is 31.4 Å². The molecule has 0 saturated carbocycles. The molecule has 0 aliphatic heterocycles. The SMILES string of the molecule is CCC[C@@H](CC(=O)N(CC)C(C)C(=O)O)NC(=O)OCC1c2ccccc2-c2ccccc21. The zero-order valence-electron chi connectivity index (χ0n) is 19.4. The van der Waals surface area contributed by atoms with E-state index in [1.165, 1.54) is 11.8 Å². The number of carboxylic acid groups (broad SMARTS) is 1. The molecule has 0 fully saturated rings. The van der Waals surface area contributed by atoms with E-state index in [2.05, 4.69) is 29.6 Å². The van der Waals surface area contributed by atoms with Crippen LogP contribution in [-0.4, -0.2) is 53.2 Å². The molecule has 2 aromatic carbocycles. The molecular formula is C26H32N2O5. The predicted molar refractivity (Wildman–Crippen MR) is 126 cm³/mol. The summed E-state index contributed by atoms with van der Waals surface area (Å²) in [5.41, 5.74) is 4.58. The Bertz CT molecular complexity index is 960. The smallest absolute Gasteiger partial charge is 0.407 e. The first-order chi connectivity index (χ1) is 15.9. The Morgan fingerprint density at radius 1 is 1.03 bits per heavy atom. The number of hydrogen-bond donors (Lipinski definition) is 2. The number of carbonyl (C=O) groups is 3. The molecule has 2 atom stereocenters. The summed E-state index contributed by atoms with van der Waals surface area (Å²) >= 11 is 0. The number of carboxylic acids is 1. The molecule has 7 heteroatoms. The molecule has 1 aliphatic carbocycles. The summed E-state index contributed by atoms with van der Waals surface area (Å²) in [6.45, 7) is 5.68. The van der Waals surface area contributed by atoms with Gasteiger partial charge in [-0.15, -0.1) is 0 Å². The molecule has 2 N–H and O–H groups in total. The van der Waals surface area contributed by atoms with Crippen LogP contribution in [0.2, 0.25) is 0 Å². The van der Waals surface area contributed by atoms with E-state index in [1.807, 2.05) is 31.2 Å². The van der Waals surface area contributed by atoms with Gasteiger partial charge in [-0.1, -0.05) is 61.9 Å². The van der Waals surface area contributed by atoms with Crippen molar-refractivity contribution in [2.75, 3.05) is 13.2 Å². The lowest BCUT2D eigenvalue weighted by Crippen LogP contribution is -2.46. The summed E-state index contributed by atoms with van der Waals surface area (Å²) < 4.78 is 5.60. The maximum atomic E-state index is 12.7. The third kappa shape index (κ3) is 5.53. The van der Waals surface area contributed by atoms with E-state index in [0.29, 0.717) is 6.42 Å². The van der Waals surface area contributed by atoms with Crippen molar-refractivity contribution in [2.45, 2.75) is 58.0 Å². The van der Waals surface area contributed by atoms with Gasteiger partial charge in [-0.3, -0.25) is 4.79 Å². The highest BCUT2D eigenvalue weighted by atomic mass is 16.5. The van der Waals surface area contributed by atoms with Crippen LogP contribution < -0.4 is 5.32 Å². The van der Waals surface area contributed by atoms with E-state index < -0.39 is 24.1 Å². The van der Waals surface area contributed by atoms with Gasteiger partial charge in [0.25, 0.3) is 0 Å². The molecule has 0 saturated heterocycles. The average molecular weight is 453 g/mol. The maximum Gasteiger partial charge on any atom is 0.407 e. The standard InChI is InChI=1S/C26H32N2O5/c1-4-10-18(15-24(29)28(5-2)17(3)25(30)31)27-26(32)33-16-23-21-13-8-6-11-19(21)20-12-7-9-14-22(20)23/h6-9,11-14,17-18,23H,4-5,10,15-16H2,1-3H3,(H,27,32)(H,30,31)/t17?,18-/m0/s1. The van der Waals surface area contributed by atoms with Gasteiger partial charge in [0, 0.05) is 24.9 Å². The minimum Gasteiger partial charge on any atom is -0.480 e. The van der Waals surface area contributed by atoms with Crippen molar-refractivity contribution in [3.05, 3.63) is 59.7 Å². The highest BCUT2D eigenvalue weighted by molar-refractivity contribution is 5.84. The van der Waals surface area contributed by atoms with Crippen molar-refractivity contribution in [1.29, 1.82) is 0 Å². The number of alkyl carbamates (subject to hydrolysis) is 1. The Morgan fingerprint density at radius 2 is 1.61 bits per heavy atom. The second-order valence-corrected chi connectivity index (χ2v) is 8.35. The van der Waals surface area contributed by atoms with Gasteiger partial charge in [0.2, 0.25) is 5.91 Å². The molecule has 3 rings (SSSR count). The number of rotatable bonds is 10. The van der Waals surface area contributed by atoms with Gasteiger partial charge in [-0.05, 0) is 42.5 Å². The molecule has 0 heterocycles. The third-order valence-corrected chi connectivity index (χ3v) is 6.21. The molecule has 0 bridgehead atoms. The second kappa shape index (κ2) is 11.0. The van der Waals surface area contributed by atoms with Gasteiger partial charge < -0.3 is 20.1 Å². The van der Waals surface area contributed by atoms with Crippen molar-refractivity contribution in [3.63, 3.8) is 0 Å². The first-order valence-corrected chi connectivity index (χ1v) is 11.5. The number of nitrogens with one attached hydrogen (secondary N) is 1. The van der Waals surface area contributed by atoms with Gasteiger partial charge in [0.05, 0.1) is 0 Å². The van der Waals surface area contributed by atoms with Gasteiger partial charge in [0.1, 0.15) is 12.6 Å². The van der Waals surface area contributed by atoms with E-state index in [1.54, 1.807) is 6.92 Å². The molecule has 7 nitrogen and oxygen atoms in total. The molecule has 0 aromatic heterocycles. The molecule has 2 amide bonds. The van der Waals surface area contributed by atoms with Crippen LogP contribution in [0, 0.1) is 0 Å². The average Bonchev–Trinajstić information content (AvgIpc) is 3.12. The van der Waals surface area contributed by atoms with Crippen LogP contribution in [0.4, 0.5) is 4.79 Å². The van der Waals surface area contributed by atoms with Crippen LogP contribution in [0.5, 0.6) is 0 Å². The van der Waals surface area contributed by atoms with Gasteiger partial charge in [-0.2, -0.15) is 0 Å². The summed E-state index contributed by atoms with van der Waals surface area (Å²) in [7, 11) is 0. The first-order valence-electron chi connectivity index (χ1n) is 11.5. The Hall–Kier alpha value is -3.35. The predicted octanol–water partition coefficient (Wildman–Crippen LogP) is 4.41. The summed E-state index contributed by atoms with van der Waals surface area (Å²) in [5, 5.41) is 12.1. The monoisotopic (exact) mass is 452 g/mol. The lowest BCUT2D eigenvalue weighted by Gasteiger charge is -2.27. The summed E-state index contributed by atoms with van der Waals surface area (Å²) in [4.78, 5) is 37.9.